The van der Waals surface area contributed by atoms with E-state index in [1.807, 2.05) is 0 Å². The van der Waals surface area contributed by atoms with E-state index < -0.39 is 11.9 Å². The van der Waals surface area contributed by atoms with Crippen molar-refractivity contribution < 1.29 is 14.3 Å². The molecule has 1 aromatic heterocycles. The predicted molar refractivity (Wildman–Crippen MR) is 63.0 cm³/mol. The van der Waals surface area contributed by atoms with Crippen LogP contribution in [0.25, 0.3) is 11.0 Å². The van der Waals surface area contributed by atoms with Crippen molar-refractivity contribution in [2.45, 2.75) is 13.3 Å². The van der Waals surface area contributed by atoms with Crippen molar-refractivity contribution in [2.75, 3.05) is 0 Å². The molecule has 1 heterocycles. The van der Waals surface area contributed by atoms with Gasteiger partial charge in [0.25, 0.3) is 0 Å². The Balaban J connectivity index is 2.44. The number of para-hydroxylation sites is 1. The Hall–Kier alpha value is -2.10. The molecule has 1 N–H and O–H groups in total. The summed E-state index contributed by atoms with van der Waals surface area (Å²) < 4.78 is 5.50. The van der Waals surface area contributed by atoms with E-state index in [2.05, 4.69) is 0 Å². The van der Waals surface area contributed by atoms with Gasteiger partial charge in [-0.2, -0.15) is 0 Å². The number of fused-ring (bicyclic) bond motifs is 1. The van der Waals surface area contributed by atoms with Gasteiger partial charge in [0.2, 0.25) is 0 Å². The second-order valence-corrected chi connectivity index (χ2v) is 4.02. The second-order valence-electron chi connectivity index (χ2n) is 4.02. The zero-order chi connectivity index (χ0) is 12.4. The lowest BCUT2D eigenvalue weighted by atomic mass is 10.1. The predicted octanol–water partition coefficient (Wildman–Crippen LogP) is 2.06. The first-order valence-corrected chi connectivity index (χ1v) is 5.32. The third-order valence-corrected chi connectivity index (χ3v) is 2.61. The van der Waals surface area contributed by atoms with E-state index >= 15 is 0 Å². The Kier molecular flexibility index (Phi) is 2.95. The summed E-state index contributed by atoms with van der Waals surface area (Å²) in [4.78, 5) is 22.5. The minimum Gasteiger partial charge on any atom is -0.481 e. The molecule has 1 atom stereocenters. The van der Waals surface area contributed by atoms with Gasteiger partial charge in [0.1, 0.15) is 11.3 Å². The summed E-state index contributed by atoms with van der Waals surface area (Å²) >= 11 is 0. The number of rotatable bonds is 3. The lowest BCUT2D eigenvalue weighted by Gasteiger charge is -2.05. The zero-order valence-electron chi connectivity index (χ0n) is 9.34. The summed E-state index contributed by atoms with van der Waals surface area (Å²) in [5, 5.41) is 9.32. The smallest absolute Gasteiger partial charge is 0.306 e. The van der Waals surface area contributed by atoms with E-state index in [0.717, 1.165) is 0 Å². The van der Waals surface area contributed by atoms with Gasteiger partial charge in [-0.3, -0.25) is 9.59 Å². The van der Waals surface area contributed by atoms with E-state index in [0.29, 0.717) is 16.7 Å². The normalized spacial score (nSPS) is 12.5. The van der Waals surface area contributed by atoms with Crippen LogP contribution in [0.1, 0.15) is 12.7 Å². The fraction of sp³-hybridized carbons (Fsp3) is 0.231. The molecule has 0 saturated carbocycles. The van der Waals surface area contributed by atoms with Crippen LogP contribution in [-0.2, 0) is 11.2 Å². The number of hydrogen-bond donors (Lipinski definition) is 1. The first-order valence-electron chi connectivity index (χ1n) is 5.32. The largest absolute Gasteiger partial charge is 0.481 e. The van der Waals surface area contributed by atoms with Gasteiger partial charge in [0.05, 0.1) is 11.3 Å². The summed E-state index contributed by atoms with van der Waals surface area (Å²) in [5.74, 6) is -1.07. The van der Waals surface area contributed by atoms with Gasteiger partial charge in [0, 0.05) is 12.5 Å². The van der Waals surface area contributed by atoms with E-state index in [1.54, 1.807) is 31.2 Å². The highest BCUT2D eigenvalue weighted by atomic mass is 16.4. The maximum atomic E-state index is 11.7. The summed E-state index contributed by atoms with van der Waals surface area (Å²) in [6.45, 7) is 1.58. The molecule has 1 unspecified atom stereocenters. The molecule has 1 aromatic carbocycles. The van der Waals surface area contributed by atoms with Crippen molar-refractivity contribution in [3.63, 3.8) is 0 Å². The molecule has 4 nitrogen and oxygen atoms in total. The molecule has 0 spiro atoms. The lowest BCUT2D eigenvalue weighted by molar-refractivity contribution is -0.141. The highest BCUT2D eigenvalue weighted by molar-refractivity contribution is 5.76. The Labute approximate surface area is 97.5 Å². The van der Waals surface area contributed by atoms with Crippen molar-refractivity contribution in [3.8, 4) is 0 Å². The van der Waals surface area contributed by atoms with Crippen molar-refractivity contribution in [1.82, 2.24) is 0 Å². The SMILES string of the molecule is CC(Cc1cc(=O)c2ccccc2o1)C(=O)O. The number of carboxylic acids is 1. The van der Waals surface area contributed by atoms with Gasteiger partial charge in [-0.25, -0.2) is 0 Å². The van der Waals surface area contributed by atoms with Gasteiger partial charge in [-0.05, 0) is 12.1 Å². The average Bonchev–Trinajstić information content (AvgIpc) is 2.29. The molecule has 0 radical (unpaired) electrons. The van der Waals surface area contributed by atoms with Crippen LogP contribution >= 0.6 is 0 Å². The van der Waals surface area contributed by atoms with Gasteiger partial charge < -0.3 is 9.52 Å². The van der Waals surface area contributed by atoms with Crippen LogP contribution in [0.15, 0.2) is 39.5 Å². The van der Waals surface area contributed by atoms with Gasteiger partial charge in [-0.15, -0.1) is 0 Å². The van der Waals surface area contributed by atoms with E-state index in [9.17, 15) is 9.59 Å². The van der Waals surface area contributed by atoms with Gasteiger partial charge in [-0.1, -0.05) is 19.1 Å². The van der Waals surface area contributed by atoms with Gasteiger partial charge >= 0.3 is 5.97 Å². The maximum absolute atomic E-state index is 11.7. The minimum atomic E-state index is -0.902. The highest BCUT2D eigenvalue weighted by Gasteiger charge is 2.14. The van der Waals surface area contributed by atoms with Crippen LogP contribution in [0.2, 0.25) is 0 Å². The Morgan fingerprint density at radius 2 is 2.12 bits per heavy atom. The molecular weight excluding hydrogens is 220 g/mol. The number of benzene rings is 1. The lowest BCUT2D eigenvalue weighted by Crippen LogP contribution is -2.13. The van der Waals surface area contributed by atoms with Crippen molar-refractivity contribution in [3.05, 3.63) is 46.3 Å². The molecule has 0 aliphatic rings. The Bertz CT molecular complexity index is 612. The molecule has 0 bridgehead atoms. The maximum Gasteiger partial charge on any atom is 0.306 e. The third-order valence-electron chi connectivity index (χ3n) is 2.61. The molecule has 2 aromatic rings. The molecule has 0 fully saturated rings. The number of carboxylic acid groups (broad SMARTS) is 1. The van der Waals surface area contributed by atoms with Crippen molar-refractivity contribution >= 4 is 16.9 Å². The van der Waals surface area contributed by atoms with Crippen LogP contribution in [0.4, 0.5) is 0 Å². The average molecular weight is 232 g/mol. The zero-order valence-corrected chi connectivity index (χ0v) is 9.34. The van der Waals surface area contributed by atoms with E-state index in [-0.39, 0.29) is 11.8 Å². The first kappa shape index (κ1) is 11.4. The molecule has 0 aliphatic carbocycles. The fourth-order valence-electron chi connectivity index (χ4n) is 1.64. The Morgan fingerprint density at radius 1 is 1.41 bits per heavy atom. The Morgan fingerprint density at radius 3 is 2.82 bits per heavy atom. The molecule has 17 heavy (non-hydrogen) atoms. The second kappa shape index (κ2) is 4.41. The molecule has 4 heteroatoms. The van der Waals surface area contributed by atoms with Crippen LogP contribution in [0.5, 0.6) is 0 Å². The summed E-state index contributed by atoms with van der Waals surface area (Å²) in [6.07, 6.45) is 0.218. The van der Waals surface area contributed by atoms with Crippen molar-refractivity contribution in [1.29, 1.82) is 0 Å². The topological polar surface area (TPSA) is 67.5 Å². The molecular formula is C13H12O4. The molecule has 2 rings (SSSR count). The first-order chi connectivity index (χ1) is 8.08. The number of carbonyl (C=O) groups is 1. The van der Waals surface area contributed by atoms with Crippen LogP contribution < -0.4 is 5.43 Å². The summed E-state index contributed by atoms with van der Waals surface area (Å²) in [6, 6.07) is 8.29. The monoisotopic (exact) mass is 232 g/mol. The minimum absolute atomic E-state index is 0.139. The molecule has 0 amide bonds. The van der Waals surface area contributed by atoms with Crippen LogP contribution in [0.3, 0.4) is 0 Å². The standard InChI is InChI=1S/C13H12O4/c1-8(13(15)16)6-9-7-11(14)10-4-2-3-5-12(10)17-9/h2-5,7-8H,6H2,1H3,(H,15,16). The number of aliphatic carboxylic acids is 1. The van der Waals surface area contributed by atoms with E-state index in [4.69, 9.17) is 9.52 Å². The van der Waals surface area contributed by atoms with Crippen molar-refractivity contribution in [2.24, 2.45) is 5.92 Å². The van der Waals surface area contributed by atoms with E-state index in [1.165, 1.54) is 6.07 Å². The van der Waals surface area contributed by atoms with Gasteiger partial charge in [0.15, 0.2) is 5.43 Å². The fourth-order valence-corrected chi connectivity index (χ4v) is 1.64. The molecule has 88 valence electrons. The molecule has 0 aliphatic heterocycles. The van der Waals surface area contributed by atoms with Crippen LogP contribution in [0, 0.1) is 5.92 Å². The number of hydrogen-bond acceptors (Lipinski definition) is 3. The third kappa shape index (κ3) is 2.36. The van der Waals surface area contributed by atoms with Crippen LogP contribution in [-0.4, -0.2) is 11.1 Å². The quantitative estimate of drug-likeness (QED) is 0.879. The molecule has 0 saturated heterocycles. The summed E-state index contributed by atoms with van der Waals surface area (Å²) in [5.41, 5.74) is 0.354. The highest BCUT2D eigenvalue weighted by Crippen LogP contribution is 2.14. The summed E-state index contributed by atoms with van der Waals surface area (Å²) in [7, 11) is 0.